The van der Waals surface area contributed by atoms with E-state index in [1.807, 2.05) is 0 Å². The van der Waals surface area contributed by atoms with Crippen LogP contribution < -0.4 is 4.74 Å². The normalized spacial score (nSPS) is 9.79. The average molecular weight is 197 g/mol. The number of hydrogen-bond acceptors (Lipinski definition) is 4. The molecule has 0 spiro atoms. The van der Waals surface area contributed by atoms with Gasteiger partial charge in [-0.25, -0.2) is 9.78 Å². The van der Waals surface area contributed by atoms with Crippen LogP contribution in [-0.2, 0) is 0 Å². The largest absolute Gasteiger partial charge is 0.478 e. The molecule has 14 heavy (non-hydrogen) atoms. The third-order valence-corrected chi connectivity index (χ3v) is 1.53. The van der Waals surface area contributed by atoms with Gasteiger partial charge in [0.1, 0.15) is 0 Å². The minimum absolute atomic E-state index is 0.0403. The van der Waals surface area contributed by atoms with Crippen LogP contribution in [-0.4, -0.2) is 34.4 Å². The molecule has 1 aromatic heterocycles. The van der Waals surface area contributed by atoms with Gasteiger partial charge >= 0.3 is 5.97 Å². The third-order valence-electron chi connectivity index (χ3n) is 1.53. The van der Waals surface area contributed by atoms with Gasteiger partial charge in [0, 0.05) is 25.3 Å². The van der Waals surface area contributed by atoms with E-state index in [9.17, 15) is 4.79 Å². The summed E-state index contributed by atoms with van der Waals surface area (Å²) in [5.41, 5.74) is 0.138. The summed E-state index contributed by atoms with van der Waals surface area (Å²) in [7, 11) is 0. The van der Waals surface area contributed by atoms with Gasteiger partial charge in [0.2, 0.25) is 5.88 Å². The fourth-order valence-electron chi connectivity index (χ4n) is 0.863. The molecule has 0 unspecified atom stereocenters. The number of aromatic carboxylic acids is 1. The first-order valence-electron chi connectivity index (χ1n) is 4.17. The molecule has 0 aliphatic rings. The molecular weight excluding hydrogens is 186 g/mol. The van der Waals surface area contributed by atoms with Crippen molar-refractivity contribution >= 4 is 5.97 Å². The van der Waals surface area contributed by atoms with Crippen LogP contribution >= 0.6 is 0 Å². The van der Waals surface area contributed by atoms with Crippen molar-refractivity contribution in [1.29, 1.82) is 0 Å². The standard InChI is InChI=1S/C9H11NO4/c11-4-1-5-14-8-6-7(9(12)13)2-3-10-8/h2-3,6,11H,1,4-5H2,(H,12,13). The minimum Gasteiger partial charge on any atom is -0.478 e. The molecule has 0 aromatic carbocycles. The second kappa shape index (κ2) is 5.18. The topological polar surface area (TPSA) is 79.7 Å². The maximum atomic E-state index is 10.6. The highest BCUT2D eigenvalue weighted by Crippen LogP contribution is 2.09. The van der Waals surface area contributed by atoms with Crippen molar-refractivity contribution in [3.63, 3.8) is 0 Å². The van der Waals surface area contributed by atoms with E-state index < -0.39 is 5.97 Å². The van der Waals surface area contributed by atoms with Crippen molar-refractivity contribution in [2.24, 2.45) is 0 Å². The molecular formula is C9H11NO4. The van der Waals surface area contributed by atoms with Crippen LogP contribution in [0.15, 0.2) is 18.3 Å². The van der Waals surface area contributed by atoms with Crippen molar-refractivity contribution in [2.45, 2.75) is 6.42 Å². The lowest BCUT2D eigenvalue weighted by molar-refractivity contribution is 0.0696. The maximum absolute atomic E-state index is 10.6. The Morgan fingerprint density at radius 1 is 1.57 bits per heavy atom. The number of rotatable bonds is 5. The van der Waals surface area contributed by atoms with E-state index in [-0.39, 0.29) is 18.1 Å². The van der Waals surface area contributed by atoms with Crippen molar-refractivity contribution in [3.05, 3.63) is 23.9 Å². The van der Waals surface area contributed by atoms with Crippen molar-refractivity contribution in [1.82, 2.24) is 4.98 Å². The first kappa shape index (κ1) is 10.5. The number of carbonyl (C=O) groups is 1. The van der Waals surface area contributed by atoms with E-state index in [4.69, 9.17) is 14.9 Å². The molecule has 0 saturated carbocycles. The molecule has 0 amide bonds. The monoisotopic (exact) mass is 197 g/mol. The van der Waals surface area contributed by atoms with E-state index >= 15 is 0 Å². The molecule has 0 radical (unpaired) electrons. The lowest BCUT2D eigenvalue weighted by Crippen LogP contribution is -2.03. The first-order valence-corrected chi connectivity index (χ1v) is 4.17. The zero-order chi connectivity index (χ0) is 10.4. The van der Waals surface area contributed by atoms with Crippen LogP contribution in [0.1, 0.15) is 16.8 Å². The van der Waals surface area contributed by atoms with Crippen LogP contribution in [0.5, 0.6) is 5.88 Å². The van der Waals surface area contributed by atoms with Crippen LogP contribution in [0.3, 0.4) is 0 Å². The zero-order valence-electron chi connectivity index (χ0n) is 7.51. The Bertz CT molecular complexity index is 313. The van der Waals surface area contributed by atoms with Gasteiger partial charge in [-0.15, -0.1) is 0 Å². The summed E-state index contributed by atoms with van der Waals surface area (Å²) in [6.45, 7) is 0.366. The molecule has 0 bridgehead atoms. The van der Waals surface area contributed by atoms with E-state index in [1.165, 1.54) is 18.3 Å². The van der Waals surface area contributed by atoms with Gasteiger partial charge < -0.3 is 14.9 Å². The second-order valence-corrected chi connectivity index (χ2v) is 2.61. The van der Waals surface area contributed by atoms with Gasteiger partial charge in [-0.05, 0) is 6.07 Å². The van der Waals surface area contributed by atoms with Crippen molar-refractivity contribution < 1.29 is 19.7 Å². The van der Waals surface area contributed by atoms with E-state index in [1.54, 1.807) is 0 Å². The number of aliphatic hydroxyl groups excluding tert-OH is 1. The number of ether oxygens (including phenoxy) is 1. The summed E-state index contributed by atoms with van der Waals surface area (Å²) in [6, 6.07) is 2.74. The van der Waals surface area contributed by atoms with Crippen LogP contribution in [0, 0.1) is 0 Å². The molecule has 0 atom stereocenters. The highest BCUT2D eigenvalue weighted by Gasteiger charge is 2.04. The highest BCUT2D eigenvalue weighted by molar-refractivity contribution is 5.87. The summed E-state index contributed by atoms with van der Waals surface area (Å²) in [5.74, 6) is -0.752. The molecule has 2 N–H and O–H groups in total. The molecule has 0 saturated heterocycles. The quantitative estimate of drug-likeness (QED) is 0.673. The molecule has 0 fully saturated rings. The Balaban J connectivity index is 2.59. The predicted octanol–water partition coefficient (Wildman–Crippen LogP) is 0.541. The lowest BCUT2D eigenvalue weighted by atomic mass is 10.3. The van der Waals surface area contributed by atoms with Crippen LogP contribution in [0.2, 0.25) is 0 Å². The van der Waals surface area contributed by atoms with Crippen molar-refractivity contribution in [3.8, 4) is 5.88 Å². The second-order valence-electron chi connectivity index (χ2n) is 2.61. The number of pyridine rings is 1. The summed E-state index contributed by atoms with van der Waals surface area (Å²) in [5, 5.41) is 17.2. The Kier molecular flexibility index (Phi) is 3.87. The summed E-state index contributed by atoms with van der Waals surface area (Å²) in [6.07, 6.45) is 1.87. The highest BCUT2D eigenvalue weighted by atomic mass is 16.5. The van der Waals surface area contributed by atoms with Crippen molar-refractivity contribution in [2.75, 3.05) is 13.2 Å². The Morgan fingerprint density at radius 2 is 2.36 bits per heavy atom. The smallest absolute Gasteiger partial charge is 0.335 e. The van der Waals surface area contributed by atoms with Gasteiger partial charge in [-0.3, -0.25) is 0 Å². The Morgan fingerprint density at radius 3 is 3.00 bits per heavy atom. The van der Waals surface area contributed by atoms with Gasteiger partial charge in [0.25, 0.3) is 0 Å². The van der Waals surface area contributed by atoms with Gasteiger partial charge in [0.05, 0.1) is 12.2 Å². The number of aromatic nitrogens is 1. The average Bonchev–Trinajstić information content (AvgIpc) is 2.19. The molecule has 76 valence electrons. The summed E-state index contributed by atoms with van der Waals surface area (Å²) < 4.78 is 5.10. The van der Waals surface area contributed by atoms with Gasteiger partial charge in [-0.2, -0.15) is 0 Å². The molecule has 1 heterocycles. The SMILES string of the molecule is O=C(O)c1ccnc(OCCCO)c1. The number of carboxylic acid groups (broad SMARTS) is 1. The fraction of sp³-hybridized carbons (Fsp3) is 0.333. The van der Waals surface area contributed by atoms with E-state index in [2.05, 4.69) is 4.98 Å². The molecule has 5 heteroatoms. The number of hydrogen-bond donors (Lipinski definition) is 2. The summed E-state index contributed by atoms with van der Waals surface area (Å²) >= 11 is 0. The van der Waals surface area contributed by atoms with Crippen LogP contribution in [0.25, 0.3) is 0 Å². The molecule has 1 rings (SSSR count). The third kappa shape index (κ3) is 3.02. The Labute approximate surface area is 81.0 Å². The van der Waals surface area contributed by atoms with Gasteiger partial charge in [0.15, 0.2) is 0 Å². The zero-order valence-corrected chi connectivity index (χ0v) is 7.51. The van der Waals surface area contributed by atoms with Crippen LogP contribution in [0.4, 0.5) is 0 Å². The maximum Gasteiger partial charge on any atom is 0.335 e. The molecule has 0 aliphatic carbocycles. The minimum atomic E-state index is -1.01. The number of carboxylic acids is 1. The number of aliphatic hydroxyl groups is 1. The lowest BCUT2D eigenvalue weighted by Gasteiger charge is -2.03. The molecule has 0 aliphatic heterocycles. The van der Waals surface area contributed by atoms with E-state index in [0.29, 0.717) is 13.0 Å². The molecule has 1 aromatic rings. The number of nitrogens with zero attached hydrogens (tertiary/aromatic N) is 1. The first-order chi connectivity index (χ1) is 6.74. The predicted molar refractivity (Wildman–Crippen MR) is 48.4 cm³/mol. The molecule has 5 nitrogen and oxygen atoms in total. The Hall–Kier alpha value is -1.62. The summed E-state index contributed by atoms with van der Waals surface area (Å²) in [4.78, 5) is 14.4. The fourth-order valence-corrected chi connectivity index (χ4v) is 0.863. The van der Waals surface area contributed by atoms with E-state index in [0.717, 1.165) is 0 Å². The van der Waals surface area contributed by atoms with Gasteiger partial charge in [-0.1, -0.05) is 0 Å².